The predicted molar refractivity (Wildman–Crippen MR) is 78.5 cm³/mol. The van der Waals surface area contributed by atoms with Crippen LogP contribution in [0.15, 0.2) is 36.5 Å². The monoisotopic (exact) mass is 307 g/mol. The molecule has 21 heavy (non-hydrogen) atoms. The van der Waals surface area contributed by atoms with Gasteiger partial charge in [-0.25, -0.2) is 9.78 Å². The smallest absolute Gasteiger partial charge is 0.337 e. The van der Waals surface area contributed by atoms with Gasteiger partial charge in [-0.1, -0.05) is 30.7 Å². The fraction of sp³-hybridized carbons (Fsp3) is 0.200. The van der Waals surface area contributed by atoms with Crippen molar-refractivity contribution >= 4 is 17.6 Å². The zero-order chi connectivity index (χ0) is 15.2. The quantitative estimate of drug-likeness (QED) is 0.873. The number of carboxylic acid groups (broad SMARTS) is 1. The summed E-state index contributed by atoms with van der Waals surface area (Å²) in [5, 5.41) is 9.00. The molecule has 0 atom stereocenters. The minimum Gasteiger partial charge on any atom is -0.490 e. The zero-order valence-corrected chi connectivity index (χ0v) is 12.1. The number of carbonyl (C=O) groups is 1. The van der Waals surface area contributed by atoms with E-state index in [0.717, 1.165) is 6.42 Å². The van der Waals surface area contributed by atoms with E-state index in [0.29, 0.717) is 18.1 Å². The fourth-order valence-electron chi connectivity index (χ4n) is 1.59. The Balaban J connectivity index is 2.24. The number of aromatic nitrogens is 1. The van der Waals surface area contributed by atoms with Gasteiger partial charge in [-0.3, -0.25) is 0 Å². The Kier molecular flexibility index (Phi) is 5.00. The van der Waals surface area contributed by atoms with E-state index in [1.54, 1.807) is 18.2 Å². The highest BCUT2D eigenvalue weighted by atomic mass is 35.5. The van der Waals surface area contributed by atoms with Crippen molar-refractivity contribution < 1.29 is 19.4 Å². The molecule has 2 aromatic rings. The molecule has 110 valence electrons. The molecule has 6 heteroatoms. The summed E-state index contributed by atoms with van der Waals surface area (Å²) in [6, 6.07) is 8.44. The number of hydrogen-bond donors (Lipinski definition) is 1. The Bertz CT molecular complexity index is 645. The number of rotatable bonds is 6. The van der Waals surface area contributed by atoms with E-state index in [1.807, 2.05) is 13.0 Å². The van der Waals surface area contributed by atoms with E-state index < -0.39 is 5.97 Å². The third-order valence-electron chi connectivity index (χ3n) is 2.57. The Morgan fingerprint density at radius 1 is 1.33 bits per heavy atom. The molecular weight excluding hydrogens is 294 g/mol. The number of ether oxygens (including phenoxy) is 2. The molecule has 1 N–H and O–H groups in total. The van der Waals surface area contributed by atoms with Crippen molar-refractivity contribution in [3.8, 4) is 17.4 Å². The van der Waals surface area contributed by atoms with Crippen LogP contribution in [0.1, 0.15) is 23.7 Å². The summed E-state index contributed by atoms with van der Waals surface area (Å²) in [6.07, 6.45) is 2.07. The Morgan fingerprint density at radius 2 is 2.05 bits per heavy atom. The lowest BCUT2D eigenvalue weighted by molar-refractivity contribution is 0.0696. The Morgan fingerprint density at radius 3 is 2.67 bits per heavy atom. The van der Waals surface area contributed by atoms with E-state index in [1.165, 1.54) is 12.3 Å². The second kappa shape index (κ2) is 6.95. The van der Waals surface area contributed by atoms with Gasteiger partial charge in [0.25, 0.3) is 0 Å². The third kappa shape index (κ3) is 3.86. The van der Waals surface area contributed by atoms with Gasteiger partial charge in [0.05, 0.1) is 12.2 Å². The number of hydrogen-bond acceptors (Lipinski definition) is 4. The van der Waals surface area contributed by atoms with Crippen molar-refractivity contribution in [2.24, 2.45) is 0 Å². The number of halogens is 1. The summed E-state index contributed by atoms with van der Waals surface area (Å²) in [4.78, 5) is 14.8. The highest BCUT2D eigenvalue weighted by Crippen LogP contribution is 2.33. The van der Waals surface area contributed by atoms with Gasteiger partial charge >= 0.3 is 5.97 Å². The van der Waals surface area contributed by atoms with Gasteiger partial charge in [0.15, 0.2) is 11.5 Å². The van der Waals surface area contributed by atoms with Gasteiger partial charge in [0.2, 0.25) is 5.88 Å². The van der Waals surface area contributed by atoms with Crippen molar-refractivity contribution in [3.63, 3.8) is 0 Å². The summed E-state index contributed by atoms with van der Waals surface area (Å²) in [5.41, 5.74) is 0.00266. The SMILES string of the molecule is CCCOc1ccccc1Oc1ncc(C(=O)O)cc1Cl. The highest BCUT2D eigenvalue weighted by Gasteiger charge is 2.12. The van der Waals surface area contributed by atoms with E-state index in [9.17, 15) is 4.79 Å². The molecular formula is C15H14ClNO4. The first-order valence-electron chi connectivity index (χ1n) is 6.40. The summed E-state index contributed by atoms with van der Waals surface area (Å²) in [5.74, 6) is 0.0970. The second-order valence-corrected chi connectivity index (χ2v) is 4.62. The van der Waals surface area contributed by atoms with E-state index in [4.69, 9.17) is 26.2 Å². The van der Waals surface area contributed by atoms with Crippen LogP contribution in [-0.2, 0) is 0 Å². The van der Waals surface area contributed by atoms with Crippen molar-refractivity contribution in [2.75, 3.05) is 6.61 Å². The molecule has 0 spiro atoms. The van der Waals surface area contributed by atoms with Crippen LogP contribution in [0.25, 0.3) is 0 Å². The van der Waals surface area contributed by atoms with Crippen molar-refractivity contribution in [2.45, 2.75) is 13.3 Å². The predicted octanol–water partition coefficient (Wildman–Crippen LogP) is 4.01. The van der Waals surface area contributed by atoms with Gasteiger partial charge in [-0.15, -0.1) is 0 Å². The molecule has 0 unspecified atom stereocenters. The maximum atomic E-state index is 10.8. The van der Waals surface area contributed by atoms with Crippen LogP contribution in [0.5, 0.6) is 17.4 Å². The lowest BCUT2D eigenvalue weighted by atomic mass is 10.3. The lowest BCUT2D eigenvalue weighted by Gasteiger charge is -2.12. The third-order valence-corrected chi connectivity index (χ3v) is 2.84. The van der Waals surface area contributed by atoms with E-state index >= 15 is 0 Å². The molecule has 0 amide bonds. The van der Waals surface area contributed by atoms with Crippen LogP contribution in [-0.4, -0.2) is 22.7 Å². The molecule has 2 rings (SSSR count). The summed E-state index contributed by atoms with van der Waals surface area (Å²) in [7, 11) is 0. The fourth-order valence-corrected chi connectivity index (χ4v) is 1.79. The number of pyridine rings is 1. The van der Waals surface area contributed by atoms with Crippen molar-refractivity contribution in [1.29, 1.82) is 0 Å². The first-order valence-corrected chi connectivity index (χ1v) is 6.78. The van der Waals surface area contributed by atoms with E-state index in [2.05, 4.69) is 4.98 Å². The van der Waals surface area contributed by atoms with Crippen molar-refractivity contribution in [1.82, 2.24) is 4.98 Å². The lowest BCUT2D eigenvalue weighted by Crippen LogP contribution is -2.00. The standard InChI is InChI=1S/C15H14ClNO4/c1-2-7-20-12-5-3-4-6-13(12)21-14-11(16)8-10(9-17-14)15(18)19/h3-6,8-9H,2,7H2,1H3,(H,18,19). The molecule has 0 fully saturated rings. The van der Waals surface area contributed by atoms with E-state index in [-0.39, 0.29) is 16.5 Å². The number of para-hydroxylation sites is 2. The number of aromatic carboxylic acids is 1. The number of carboxylic acids is 1. The summed E-state index contributed by atoms with van der Waals surface area (Å²) < 4.78 is 11.2. The van der Waals surface area contributed by atoms with Crippen LogP contribution in [0, 0.1) is 0 Å². The van der Waals surface area contributed by atoms with Gasteiger partial charge in [-0.05, 0) is 24.6 Å². The normalized spacial score (nSPS) is 10.2. The molecule has 0 aliphatic carbocycles. The van der Waals surface area contributed by atoms with Gasteiger partial charge in [0, 0.05) is 6.20 Å². The Hall–Kier alpha value is -2.27. The topological polar surface area (TPSA) is 68.7 Å². The molecule has 5 nitrogen and oxygen atoms in total. The second-order valence-electron chi connectivity index (χ2n) is 4.21. The van der Waals surface area contributed by atoms with Crippen LogP contribution >= 0.6 is 11.6 Å². The van der Waals surface area contributed by atoms with Crippen LogP contribution in [0.4, 0.5) is 0 Å². The summed E-state index contributed by atoms with van der Waals surface area (Å²) >= 11 is 5.99. The average Bonchev–Trinajstić information content (AvgIpc) is 2.48. The van der Waals surface area contributed by atoms with Crippen LogP contribution < -0.4 is 9.47 Å². The molecule has 0 saturated carbocycles. The minimum atomic E-state index is -1.09. The molecule has 0 radical (unpaired) electrons. The molecule has 1 aromatic heterocycles. The maximum absolute atomic E-state index is 10.8. The van der Waals surface area contributed by atoms with Crippen molar-refractivity contribution in [3.05, 3.63) is 47.1 Å². The van der Waals surface area contributed by atoms with Crippen LogP contribution in [0.3, 0.4) is 0 Å². The first-order chi connectivity index (χ1) is 10.1. The molecule has 0 saturated heterocycles. The zero-order valence-electron chi connectivity index (χ0n) is 11.4. The number of benzene rings is 1. The maximum Gasteiger partial charge on any atom is 0.337 e. The van der Waals surface area contributed by atoms with Gasteiger partial charge in [-0.2, -0.15) is 0 Å². The summed E-state index contributed by atoms with van der Waals surface area (Å²) in [6.45, 7) is 2.58. The molecule has 0 aliphatic heterocycles. The number of nitrogens with zero attached hydrogens (tertiary/aromatic N) is 1. The Labute approximate surface area is 127 Å². The molecule has 0 bridgehead atoms. The highest BCUT2D eigenvalue weighted by molar-refractivity contribution is 6.32. The minimum absolute atomic E-state index is 0.00266. The average molecular weight is 308 g/mol. The van der Waals surface area contributed by atoms with Gasteiger partial charge < -0.3 is 14.6 Å². The molecule has 1 aromatic carbocycles. The molecule has 0 aliphatic rings. The largest absolute Gasteiger partial charge is 0.490 e. The van der Waals surface area contributed by atoms with Crippen LogP contribution in [0.2, 0.25) is 5.02 Å². The first kappa shape index (κ1) is 15.1. The van der Waals surface area contributed by atoms with Gasteiger partial charge in [0.1, 0.15) is 5.02 Å². The molecule has 1 heterocycles.